The van der Waals surface area contributed by atoms with Crippen LogP contribution in [0.2, 0.25) is 0 Å². The van der Waals surface area contributed by atoms with Crippen molar-refractivity contribution in [1.82, 2.24) is 29.9 Å². The molecular formula is C26H30N6O2. The second-order valence-corrected chi connectivity index (χ2v) is 9.09. The van der Waals surface area contributed by atoms with Gasteiger partial charge in [-0.25, -0.2) is 9.97 Å². The van der Waals surface area contributed by atoms with E-state index in [1.807, 2.05) is 25.5 Å². The van der Waals surface area contributed by atoms with Crippen LogP contribution in [0.3, 0.4) is 0 Å². The van der Waals surface area contributed by atoms with E-state index in [0.717, 1.165) is 74.0 Å². The number of fused-ring (bicyclic) bond motifs is 3. The number of aryl methyl sites for hydroxylation is 4. The highest BCUT2D eigenvalue weighted by Crippen LogP contribution is 2.40. The average Bonchev–Trinajstić information content (AvgIpc) is 3.47. The van der Waals surface area contributed by atoms with Gasteiger partial charge in [0.2, 0.25) is 0 Å². The molecule has 34 heavy (non-hydrogen) atoms. The van der Waals surface area contributed by atoms with Crippen LogP contribution in [0.1, 0.15) is 60.9 Å². The molecule has 0 radical (unpaired) electrons. The van der Waals surface area contributed by atoms with Crippen molar-refractivity contribution in [2.24, 2.45) is 0 Å². The topological polar surface area (TPSA) is 94.7 Å². The lowest BCUT2D eigenvalue weighted by Gasteiger charge is -2.10. The first-order valence-electron chi connectivity index (χ1n) is 11.7. The van der Waals surface area contributed by atoms with E-state index in [1.54, 1.807) is 7.11 Å². The number of nitrogens with zero attached hydrogens (tertiary/aromatic N) is 5. The Kier molecular flexibility index (Phi) is 5.38. The Hall–Kier alpha value is -3.68. The second-order valence-electron chi connectivity index (χ2n) is 9.09. The highest BCUT2D eigenvalue weighted by molar-refractivity contribution is 6.09. The average molecular weight is 459 g/mol. The molecule has 4 aromatic heterocycles. The first kappa shape index (κ1) is 22.1. The standard InChI is InChI=1S/C26H30N6O2/c1-8-32-12-17(25(30-32)13(2)3)9-21-24-18-11-22(33-7)19(23-14(4)31-34-15(23)5)10-20(18)29-26(24)28-16(6)27-21/h10-13H,8-9H2,1-7H3,(H,27,28,29). The van der Waals surface area contributed by atoms with Gasteiger partial charge in [-0.05, 0) is 51.3 Å². The van der Waals surface area contributed by atoms with Crippen LogP contribution in [0.25, 0.3) is 33.1 Å². The predicted octanol–water partition coefficient (Wildman–Crippen LogP) is 5.63. The fraction of sp³-hybridized carbons (Fsp3) is 0.385. The van der Waals surface area contributed by atoms with Gasteiger partial charge in [-0.1, -0.05) is 19.0 Å². The van der Waals surface area contributed by atoms with Crippen LogP contribution in [-0.4, -0.2) is 37.0 Å². The Morgan fingerprint density at radius 1 is 1.15 bits per heavy atom. The van der Waals surface area contributed by atoms with Gasteiger partial charge in [-0.15, -0.1) is 0 Å². The molecule has 5 rings (SSSR count). The maximum Gasteiger partial charge on any atom is 0.142 e. The van der Waals surface area contributed by atoms with Crippen molar-refractivity contribution >= 4 is 21.9 Å². The molecular weight excluding hydrogens is 428 g/mol. The van der Waals surface area contributed by atoms with E-state index in [4.69, 9.17) is 24.3 Å². The summed E-state index contributed by atoms with van der Waals surface area (Å²) >= 11 is 0. The Labute approximate surface area is 198 Å². The number of hydrogen-bond acceptors (Lipinski definition) is 6. The van der Waals surface area contributed by atoms with Crippen LogP contribution in [0.5, 0.6) is 5.75 Å². The molecule has 0 spiro atoms. The highest BCUT2D eigenvalue weighted by Gasteiger charge is 2.21. The number of nitrogens with one attached hydrogen (secondary N) is 1. The lowest BCUT2D eigenvalue weighted by molar-refractivity contribution is 0.393. The van der Waals surface area contributed by atoms with Gasteiger partial charge in [0.25, 0.3) is 0 Å². The number of ether oxygens (including phenoxy) is 1. The van der Waals surface area contributed by atoms with Gasteiger partial charge >= 0.3 is 0 Å². The van der Waals surface area contributed by atoms with E-state index < -0.39 is 0 Å². The molecule has 0 aliphatic rings. The number of aromatic nitrogens is 6. The molecule has 1 aromatic carbocycles. The van der Waals surface area contributed by atoms with Gasteiger partial charge in [0.15, 0.2) is 0 Å². The second kappa shape index (κ2) is 8.27. The lowest BCUT2D eigenvalue weighted by atomic mass is 9.98. The predicted molar refractivity (Wildman–Crippen MR) is 132 cm³/mol. The van der Waals surface area contributed by atoms with Crippen molar-refractivity contribution in [2.45, 2.75) is 60.4 Å². The number of methoxy groups -OCH3 is 1. The van der Waals surface area contributed by atoms with Gasteiger partial charge in [-0.3, -0.25) is 4.68 Å². The zero-order valence-electron chi connectivity index (χ0n) is 20.8. The Morgan fingerprint density at radius 2 is 1.94 bits per heavy atom. The molecule has 0 aliphatic carbocycles. The molecule has 0 unspecified atom stereocenters. The smallest absolute Gasteiger partial charge is 0.142 e. The molecule has 4 heterocycles. The van der Waals surface area contributed by atoms with E-state index in [1.165, 1.54) is 5.56 Å². The van der Waals surface area contributed by atoms with E-state index in [-0.39, 0.29) is 0 Å². The minimum Gasteiger partial charge on any atom is -0.496 e. The Morgan fingerprint density at radius 3 is 2.59 bits per heavy atom. The summed E-state index contributed by atoms with van der Waals surface area (Å²) < 4.78 is 13.2. The molecule has 0 bridgehead atoms. The maximum absolute atomic E-state index is 5.82. The summed E-state index contributed by atoms with van der Waals surface area (Å²) in [5, 5.41) is 11.0. The molecule has 5 aromatic rings. The maximum atomic E-state index is 5.82. The zero-order chi connectivity index (χ0) is 24.1. The molecule has 0 amide bonds. The normalized spacial score (nSPS) is 11.9. The molecule has 176 valence electrons. The summed E-state index contributed by atoms with van der Waals surface area (Å²) in [7, 11) is 1.69. The van der Waals surface area contributed by atoms with Gasteiger partial charge < -0.3 is 14.2 Å². The van der Waals surface area contributed by atoms with Crippen molar-refractivity contribution < 1.29 is 9.26 Å². The zero-order valence-corrected chi connectivity index (χ0v) is 20.8. The third-order valence-electron chi connectivity index (χ3n) is 6.36. The fourth-order valence-electron chi connectivity index (χ4n) is 4.82. The van der Waals surface area contributed by atoms with Crippen molar-refractivity contribution in [3.63, 3.8) is 0 Å². The molecule has 0 saturated carbocycles. The van der Waals surface area contributed by atoms with Crippen molar-refractivity contribution in [3.8, 4) is 16.9 Å². The SMILES string of the molecule is CCn1cc(Cc2nc(C)nc3[nH]c4cc(-c5c(C)noc5C)c(OC)cc4c23)c(C(C)C)n1. The van der Waals surface area contributed by atoms with E-state index in [2.05, 4.69) is 49.2 Å². The first-order chi connectivity index (χ1) is 16.3. The van der Waals surface area contributed by atoms with Crippen LogP contribution < -0.4 is 4.74 Å². The van der Waals surface area contributed by atoms with Crippen molar-refractivity contribution in [2.75, 3.05) is 7.11 Å². The van der Waals surface area contributed by atoms with Gasteiger partial charge in [0.05, 0.1) is 29.8 Å². The van der Waals surface area contributed by atoms with Crippen molar-refractivity contribution in [1.29, 1.82) is 0 Å². The van der Waals surface area contributed by atoms with Crippen molar-refractivity contribution in [3.05, 3.63) is 52.6 Å². The minimum atomic E-state index is 0.335. The summed E-state index contributed by atoms with van der Waals surface area (Å²) in [5.41, 5.74) is 7.82. The summed E-state index contributed by atoms with van der Waals surface area (Å²) in [6.45, 7) is 13.1. The number of H-pyrrole nitrogens is 1. The Bertz CT molecular complexity index is 1500. The Balaban J connectivity index is 1.73. The summed E-state index contributed by atoms with van der Waals surface area (Å²) in [6, 6.07) is 4.16. The van der Waals surface area contributed by atoms with Gasteiger partial charge in [0.1, 0.15) is 23.0 Å². The quantitative estimate of drug-likeness (QED) is 0.354. The van der Waals surface area contributed by atoms with E-state index in [0.29, 0.717) is 12.3 Å². The largest absolute Gasteiger partial charge is 0.496 e. The number of aromatic amines is 1. The van der Waals surface area contributed by atoms with E-state index >= 15 is 0 Å². The number of hydrogen-bond donors (Lipinski definition) is 1. The first-order valence-corrected chi connectivity index (χ1v) is 11.7. The fourth-order valence-corrected chi connectivity index (χ4v) is 4.82. The van der Waals surface area contributed by atoms with Gasteiger partial charge in [0, 0.05) is 41.0 Å². The third kappa shape index (κ3) is 3.54. The molecule has 0 aliphatic heterocycles. The molecule has 1 N–H and O–H groups in total. The summed E-state index contributed by atoms with van der Waals surface area (Å²) in [6.07, 6.45) is 2.83. The number of rotatable bonds is 6. The third-order valence-corrected chi connectivity index (χ3v) is 6.36. The van der Waals surface area contributed by atoms with Gasteiger partial charge in [-0.2, -0.15) is 5.10 Å². The lowest BCUT2D eigenvalue weighted by Crippen LogP contribution is -2.01. The van der Waals surface area contributed by atoms with E-state index in [9.17, 15) is 0 Å². The molecule has 0 saturated heterocycles. The summed E-state index contributed by atoms with van der Waals surface area (Å²) in [4.78, 5) is 13.1. The minimum absolute atomic E-state index is 0.335. The molecule has 8 heteroatoms. The monoisotopic (exact) mass is 458 g/mol. The van der Waals surface area contributed by atoms with Crippen LogP contribution in [0.4, 0.5) is 0 Å². The van der Waals surface area contributed by atoms with Crippen LogP contribution >= 0.6 is 0 Å². The van der Waals surface area contributed by atoms with Crippen LogP contribution in [-0.2, 0) is 13.0 Å². The molecule has 0 atom stereocenters. The number of benzene rings is 1. The van der Waals surface area contributed by atoms with Crippen LogP contribution in [0.15, 0.2) is 22.9 Å². The highest BCUT2D eigenvalue weighted by atomic mass is 16.5. The molecule has 8 nitrogen and oxygen atoms in total. The summed E-state index contributed by atoms with van der Waals surface area (Å²) in [5.74, 6) is 2.59. The molecule has 0 fully saturated rings. The van der Waals surface area contributed by atoms with Crippen LogP contribution in [0, 0.1) is 20.8 Å².